The fourth-order valence-electron chi connectivity index (χ4n) is 1.34. The minimum Gasteiger partial charge on any atom is -0.488 e. The second kappa shape index (κ2) is 6.50. The largest absolute Gasteiger partial charge is 0.488 e. The van der Waals surface area contributed by atoms with Crippen LogP contribution in [0.1, 0.15) is 26.3 Å². The Hall–Kier alpha value is -0.650. The molecule has 1 aromatic carbocycles. The first-order valence-electron chi connectivity index (χ1n) is 5.79. The number of hydrogen-bond donors (Lipinski definition) is 1. The van der Waals surface area contributed by atoms with Crippen molar-refractivity contribution in [3.63, 3.8) is 0 Å². The zero-order valence-corrected chi connectivity index (χ0v) is 12.5. The van der Waals surface area contributed by atoms with Crippen LogP contribution in [0.5, 0.6) is 5.75 Å². The molecule has 0 amide bonds. The molecule has 0 saturated heterocycles. The van der Waals surface area contributed by atoms with Crippen molar-refractivity contribution < 1.29 is 13.9 Å². The fourth-order valence-corrected chi connectivity index (χ4v) is 1.83. The maximum Gasteiger partial charge on any atom is 0.179 e. The molecular weight excluding hydrogens is 301 g/mol. The third-order valence-electron chi connectivity index (χ3n) is 2.22. The van der Waals surface area contributed by atoms with Gasteiger partial charge < -0.3 is 15.2 Å². The quantitative estimate of drug-likeness (QED) is 0.847. The number of rotatable bonds is 5. The lowest BCUT2D eigenvalue weighted by Crippen LogP contribution is -2.22. The Balaban J connectivity index is 2.56. The Labute approximate surface area is 116 Å². The lowest BCUT2D eigenvalue weighted by atomic mass is 10.2. The molecule has 18 heavy (non-hydrogen) atoms. The van der Waals surface area contributed by atoms with Gasteiger partial charge in [-0.05, 0) is 48.3 Å². The Bertz CT molecular complexity index is 405. The van der Waals surface area contributed by atoms with Crippen LogP contribution in [0.25, 0.3) is 0 Å². The van der Waals surface area contributed by atoms with E-state index in [1.807, 2.05) is 20.8 Å². The van der Waals surface area contributed by atoms with Crippen LogP contribution < -0.4 is 10.5 Å². The summed E-state index contributed by atoms with van der Waals surface area (Å²) in [5, 5.41) is 0. The molecule has 5 heteroatoms. The van der Waals surface area contributed by atoms with Gasteiger partial charge in [0.15, 0.2) is 11.6 Å². The minimum atomic E-state index is -0.422. The van der Waals surface area contributed by atoms with Gasteiger partial charge in [-0.2, -0.15) is 0 Å². The second-order valence-corrected chi connectivity index (χ2v) is 5.66. The SMILES string of the molecule is CC(C)(C)OCCOc1ccc(CN)c(Br)c1F. The highest BCUT2D eigenvalue weighted by atomic mass is 79.9. The standard InChI is InChI=1S/C13H19BrFNO2/c1-13(2,3)18-7-6-17-10-5-4-9(8-16)11(14)12(10)15/h4-5H,6-8,16H2,1-3H3. The Kier molecular flexibility index (Phi) is 5.56. The Morgan fingerprint density at radius 2 is 1.94 bits per heavy atom. The van der Waals surface area contributed by atoms with Crippen molar-refractivity contribution in [1.29, 1.82) is 0 Å². The molecule has 0 heterocycles. The second-order valence-electron chi connectivity index (χ2n) is 4.86. The highest BCUT2D eigenvalue weighted by molar-refractivity contribution is 9.10. The van der Waals surface area contributed by atoms with Crippen LogP contribution in [0, 0.1) is 5.82 Å². The number of hydrogen-bond acceptors (Lipinski definition) is 3. The molecule has 0 spiro atoms. The summed E-state index contributed by atoms with van der Waals surface area (Å²) in [5.41, 5.74) is 5.98. The van der Waals surface area contributed by atoms with Gasteiger partial charge in [0.2, 0.25) is 0 Å². The lowest BCUT2D eigenvalue weighted by Gasteiger charge is -2.19. The van der Waals surface area contributed by atoms with Gasteiger partial charge in [-0.3, -0.25) is 0 Å². The molecular formula is C13H19BrFNO2. The van der Waals surface area contributed by atoms with Crippen LogP contribution in [0.4, 0.5) is 4.39 Å². The van der Waals surface area contributed by atoms with E-state index < -0.39 is 5.82 Å². The van der Waals surface area contributed by atoms with E-state index in [0.29, 0.717) is 23.2 Å². The van der Waals surface area contributed by atoms with Crippen LogP contribution in [0.15, 0.2) is 16.6 Å². The van der Waals surface area contributed by atoms with Gasteiger partial charge in [-0.1, -0.05) is 6.07 Å². The van der Waals surface area contributed by atoms with Crippen molar-refractivity contribution in [2.24, 2.45) is 5.73 Å². The first kappa shape index (κ1) is 15.4. The zero-order valence-electron chi connectivity index (χ0n) is 10.9. The van der Waals surface area contributed by atoms with Gasteiger partial charge in [-0.15, -0.1) is 0 Å². The van der Waals surface area contributed by atoms with Gasteiger partial charge >= 0.3 is 0 Å². The molecule has 0 aliphatic rings. The van der Waals surface area contributed by atoms with E-state index in [1.54, 1.807) is 12.1 Å². The van der Waals surface area contributed by atoms with Crippen molar-refractivity contribution in [3.05, 3.63) is 28.0 Å². The van der Waals surface area contributed by atoms with Crippen LogP contribution in [0.3, 0.4) is 0 Å². The summed E-state index contributed by atoms with van der Waals surface area (Å²) < 4.78 is 25.0. The number of nitrogens with two attached hydrogens (primary N) is 1. The summed E-state index contributed by atoms with van der Waals surface area (Å²) in [7, 11) is 0. The average molecular weight is 320 g/mol. The highest BCUT2D eigenvalue weighted by Crippen LogP contribution is 2.28. The Morgan fingerprint density at radius 3 is 2.50 bits per heavy atom. The maximum absolute atomic E-state index is 13.8. The number of benzene rings is 1. The third-order valence-corrected chi connectivity index (χ3v) is 3.08. The average Bonchev–Trinajstić information content (AvgIpc) is 2.28. The molecule has 0 aliphatic carbocycles. The molecule has 0 bridgehead atoms. The van der Waals surface area contributed by atoms with Gasteiger partial charge in [-0.25, -0.2) is 4.39 Å². The third kappa shape index (κ3) is 4.55. The summed E-state index contributed by atoms with van der Waals surface area (Å²) in [4.78, 5) is 0. The number of ether oxygens (including phenoxy) is 2. The van der Waals surface area contributed by atoms with Gasteiger partial charge in [0.25, 0.3) is 0 Å². The van der Waals surface area contributed by atoms with Gasteiger partial charge in [0.05, 0.1) is 16.7 Å². The summed E-state index contributed by atoms with van der Waals surface area (Å²) in [6, 6.07) is 3.33. The van der Waals surface area contributed by atoms with Gasteiger partial charge in [0, 0.05) is 6.54 Å². The topological polar surface area (TPSA) is 44.5 Å². The molecule has 3 nitrogen and oxygen atoms in total. The first-order valence-corrected chi connectivity index (χ1v) is 6.58. The molecule has 0 fully saturated rings. The number of halogens is 2. The molecule has 0 unspecified atom stereocenters. The van der Waals surface area contributed by atoms with Crippen LogP contribution >= 0.6 is 15.9 Å². The summed E-state index contributed by atoms with van der Waals surface area (Å²) in [5.74, 6) is -0.217. The first-order chi connectivity index (χ1) is 8.35. The molecule has 0 saturated carbocycles. The smallest absolute Gasteiger partial charge is 0.179 e. The highest BCUT2D eigenvalue weighted by Gasteiger charge is 2.13. The predicted molar refractivity (Wildman–Crippen MR) is 73.2 cm³/mol. The molecule has 2 N–H and O–H groups in total. The van der Waals surface area contributed by atoms with Crippen LogP contribution in [0.2, 0.25) is 0 Å². The molecule has 1 rings (SSSR count). The molecule has 0 atom stereocenters. The van der Waals surface area contributed by atoms with Crippen LogP contribution in [-0.4, -0.2) is 18.8 Å². The molecule has 0 aliphatic heterocycles. The van der Waals surface area contributed by atoms with E-state index in [4.69, 9.17) is 15.2 Å². The van der Waals surface area contributed by atoms with E-state index >= 15 is 0 Å². The van der Waals surface area contributed by atoms with E-state index in [-0.39, 0.29) is 17.9 Å². The van der Waals surface area contributed by atoms with E-state index in [0.717, 1.165) is 0 Å². The zero-order chi connectivity index (χ0) is 13.8. The minimum absolute atomic E-state index is 0.205. The molecule has 102 valence electrons. The fraction of sp³-hybridized carbons (Fsp3) is 0.538. The van der Waals surface area contributed by atoms with E-state index in [9.17, 15) is 4.39 Å². The van der Waals surface area contributed by atoms with Gasteiger partial charge in [0.1, 0.15) is 6.61 Å². The molecule has 1 aromatic rings. The van der Waals surface area contributed by atoms with E-state index in [2.05, 4.69) is 15.9 Å². The summed E-state index contributed by atoms with van der Waals surface area (Å²) in [6.45, 7) is 6.88. The monoisotopic (exact) mass is 319 g/mol. The summed E-state index contributed by atoms with van der Waals surface area (Å²) >= 11 is 3.17. The summed E-state index contributed by atoms with van der Waals surface area (Å²) in [6.07, 6.45) is 0. The Morgan fingerprint density at radius 1 is 1.28 bits per heavy atom. The predicted octanol–water partition coefficient (Wildman–Crippen LogP) is 3.24. The van der Waals surface area contributed by atoms with Crippen LogP contribution in [-0.2, 0) is 11.3 Å². The van der Waals surface area contributed by atoms with Crippen molar-refractivity contribution in [2.75, 3.05) is 13.2 Å². The van der Waals surface area contributed by atoms with Crippen molar-refractivity contribution in [2.45, 2.75) is 32.9 Å². The van der Waals surface area contributed by atoms with E-state index in [1.165, 1.54) is 0 Å². The molecule has 0 aromatic heterocycles. The maximum atomic E-state index is 13.8. The normalized spacial score (nSPS) is 11.7. The molecule has 0 radical (unpaired) electrons. The van der Waals surface area contributed by atoms with Crippen molar-refractivity contribution >= 4 is 15.9 Å². The van der Waals surface area contributed by atoms with Crippen molar-refractivity contribution in [3.8, 4) is 5.75 Å². The van der Waals surface area contributed by atoms with Crippen molar-refractivity contribution in [1.82, 2.24) is 0 Å². The lowest BCUT2D eigenvalue weighted by molar-refractivity contribution is -0.0166.